The Morgan fingerprint density at radius 2 is 0.939 bits per heavy atom. The Kier molecular flexibility index (Phi) is 6.50. The predicted octanol–water partition coefficient (Wildman–Crippen LogP) is 12.2. The number of benzene rings is 7. The van der Waals surface area contributed by atoms with Crippen molar-refractivity contribution in [2.75, 3.05) is 9.80 Å². The van der Waals surface area contributed by atoms with Crippen molar-refractivity contribution in [1.82, 2.24) is 4.40 Å². The van der Waals surface area contributed by atoms with E-state index in [1.54, 1.807) is 0 Å². The van der Waals surface area contributed by atoms with Crippen molar-refractivity contribution < 1.29 is 0 Å². The van der Waals surface area contributed by atoms with Crippen molar-refractivity contribution in [3.05, 3.63) is 181 Å². The molecule has 0 radical (unpaired) electrons. The lowest BCUT2D eigenvalue weighted by Gasteiger charge is -2.27. The average Bonchev–Trinajstić information content (AvgIpc) is 3.70. The molecule has 0 amide bonds. The molecule has 2 heterocycles. The van der Waals surface area contributed by atoms with Gasteiger partial charge in [0.05, 0.1) is 46.1 Å². The van der Waals surface area contributed by atoms with Crippen LogP contribution in [0.2, 0.25) is 0 Å². The highest BCUT2D eigenvalue weighted by molar-refractivity contribution is 6.28. The van der Waals surface area contributed by atoms with E-state index in [9.17, 15) is 5.26 Å². The van der Waals surface area contributed by atoms with Gasteiger partial charge in [0, 0.05) is 44.3 Å². The minimum Gasteiger partial charge on any atom is -0.310 e. The van der Waals surface area contributed by atoms with Crippen molar-refractivity contribution in [1.29, 1.82) is 5.26 Å². The summed E-state index contributed by atoms with van der Waals surface area (Å²) in [5, 5.41) is 14.2. The normalized spacial score (nSPS) is 11.2. The van der Waals surface area contributed by atoms with Crippen LogP contribution in [0.25, 0.3) is 42.9 Å². The molecule has 0 aliphatic rings. The van der Waals surface area contributed by atoms with Gasteiger partial charge in [0.1, 0.15) is 0 Å². The molecule has 0 N–H and O–H groups in total. The topological polar surface area (TPSA) is 39.0 Å². The van der Waals surface area contributed by atoms with Crippen LogP contribution in [-0.2, 0) is 0 Å². The van der Waals surface area contributed by atoms with E-state index in [0.717, 1.165) is 45.2 Å². The summed E-state index contributed by atoms with van der Waals surface area (Å²) in [5.74, 6) is 0. The van der Waals surface area contributed by atoms with Crippen LogP contribution in [0.15, 0.2) is 164 Å². The van der Waals surface area contributed by atoms with Crippen molar-refractivity contribution in [2.45, 2.75) is 0 Å². The molecule has 0 unspecified atom stereocenters. The van der Waals surface area contributed by atoms with Gasteiger partial charge in [-0.1, -0.05) is 78.9 Å². The van der Waals surface area contributed by atoms with E-state index in [4.69, 9.17) is 6.57 Å². The Morgan fingerprint density at radius 3 is 1.41 bits per heavy atom. The molecular weight excluding hydrogens is 599 g/mol. The second kappa shape index (κ2) is 11.3. The van der Waals surface area contributed by atoms with E-state index < -0.39 is 0 Å². The fourth-order valence-corrected chi connectivity index (χ4v) is 7.28. The maximum atomic E-state index is 9.50. The SMILES string of the molecule is [C-]#[N+]c1ccc(N(c2ccccc2)c2cccc3c2c2cccc4c5c(N(c6ccccc6)c6ccc(C#N)cc6)cccc5n3c42)cc1. The Bertz CT molecular complexity index is 2530. The minimum atomic E-state index is 0.614. The quantitative estimate of drug-likeness (QED) is 0.173. The van der Waals surface area contributed by atoms with Crippen molar-refractivity contribution in [3.63, 3.8) is 0 Å². The first-order valence-electron chi connectivity index (χ1n) is 16.1. The molecule has 0 atom stereocenters. The lowest BCUT2D eigenvalue weighted by molar-refractivity contribution is 1.29. The summed E-state index contributed by atoms with van der Waals surface area (Å²) in [6, 6.07) is 58.4. The van der Waals surface area contributed by atoms with Gasteiger partial charge in [-0.3, -0.25) is 0 Å². The summed E-state index contributed by atoms with van der Waals surface area (Å²) in [4.78, 5) is 8.19. The molecule has 49 heavy (non-hydrogen) atoms. The largest absolute Gasteiger partial charge is 0.310 e. The van der Waals surface area contributed by atoms with Crippen LogP contribution in [0, 0.1) is 17.9 Å². The third-order valence-corrected chi connectivity index (χ3v) is 9.32. The van der Waals surface area contributed by atoms with Gasteiger partial charge in [0.2, 0.25) is 0 Å². The number of nitrogens with zero attached hydrogens (tertiary/aromatic N) is 5. The molecule has 0 bridgehead atoms. The zero-order valence-corrected chi connectivity index (χ0v) is 26.3. The van der Waals surface area contributed by atoms with Crippen LogP contribution in [0.3, 0.4) is 0 Å². The lowest BCUT2D eigenvalue weighted by Crippen LogP contribution is -2.10. The van der Waals surface area contributed by atoms with E-state index in [2.05, 4.69) is 128 Å². The van der Waals surface area contributed by atoms with E-state index >= 15 is 0 Å². The van der Waals surface area contributed by atoms with Gasteiger partial charge in [-0.05, 0) is 84.9 Å². The van der Waals surface area contributed by atoms with Gasteiger partial charge in [0.25, 0.3) is 0 Å². The molecule has 0 saturated heterocycles. The Balaban J connectivity index is 1.34. The van der Waals surface area contributed by atoms with Crippen LogP contribution in [-0.4, -0.2) is 4.40 Å². The number of aromatic nitrogens is 1. The first-order chi connectivity index (χ1) is 24.2. The zero-order valence-electron chi connectivity index (χ0n) is 26.3. The predicted molar refractivity (Wildman–Crippen MR) is 201 cm³/mol. The minimum absolute atomic E-state index is 0.614. The monoisotopic (exact) mass is 625 g/mol. The average molecular weight is 626 g/mol. The van der Waals surface area contributed by atoms with Crippen LogP contribution in [0.5, 0.6) is 0 Å². The molecular formula is C44H27N5. The number of hydrogen-bond donors (Lipinski definition) is 0. The highest BCUT2D eigenvalue weighted by atomic mass is 15.2. The molecule has 2 aromatic heterocycles. The van der Waals surface area contributed by atoms with E-state index in [1.807, 2.05) is 60.7 Å². The standard InChI is InChI=1S/C44H27N5/c1-46-31-23-27-35(28-24-31)48(33-13-6-3-7-14-33)39-18-10-20-41-43(39)37-16-8-15-36-42-38(17-9-19-40(42)49(41)44(36)37)47(32-11-4-2-5-12-32)34-25-21-30(29-45)22-26-34/h2-28H. The molecule has 0 spiro atoms. The third kappa shape index (κ3) is 4.38. The number of hydrogen-bond acceptors (Lipinski definition) is 3. The number of nitriles is 1. The molecule has 0 aliphatic carbocycles. The van der Waals surface area contributed by atoms with Crippen molar-refractivity contribution in [2.24, 2.45) is 0 Å². The van der Waals surface area contributed by atoms with E-state index in [-0.39, 0.29) is 0 Å². The molecule has 5 heteroatoms. The van der Waals surface area contributed by atoms with Gasteiger partial charge in [-0.25, -0.2) is 4.85 Å². The van der Waals surface area contributed by atoms with Crippen LogP contribution in [0.4, 0.5) is 39.8 Å². The Morgan fingerprint density at radius 1 is 0.490 bits per heavy atom. The highest BCUT2D eigenvalue weighted by Gasteiger charge is 2.25. The second-order valence-corrected chi connectivity index (χ2v) is 12.0. The summed E-state index contributed by atoms with van der Waals surface area (Å²) >= 11 is 0. The van der Waals surface area contributed by atoms with E-state index in [0.29, 0.717) is 11.3 Å². The molecule has 9 aromatic rings. The summed E-state index contributed by atoms with van der Waals surface area (Å²) in [6.07, 6.45) is 0. The molecule has 0 saturated carbocycles. The van der Waals surface area contributed by atoms with Gasteiger partial charge in [0.15, 0.2) is 5.69 Å². The summed E-state index contributed by atoms with van der Waals surface area (Å²) in [6.45, 7) is 7.49. The fraction of sp³-hybridized carbons (Fsp3) is 0. The van der Waals surface area contributed by atoms with Crippen molar-refractivity contribution in [3.8, 4) is 6.07 Å². The number of fused-ring (bicyclic) bond motifs is 6. The first-order valence-corrected chi connectivity index (χ1v) is 16.1. The van der Waals surface area contributed by atoms with Crippen LogP contribution >= 0.6 is 0 Å². The highest BCUT2D eigenvalue weighted by Crippen LogP contribution is 2.49. The van der Waals surface area contributed by atoms with E-state index in [1.165, 1.54) is 27.1 Å². The maximum absolute atomic E-state index is 9.50. The molecule has 0 aliphatic heterocycles. The second-order valence-electron chi connectivity index (χ2n) is 12.0. The van der Waals surface area contributed by atoms with Gasteiger partial charge in [-0.2, -0.15) is 5.26 Å². The fourth-order valence-electron chi connectivity index (χ4n) is 7.28. The summed E-state index contributed by atoms with van der Waals surface area (Å²) < 4.78 is 2.41. The number of para-hydroxylation sites is 3. The molecule has 228 valence electrons. The Hall–Kier alpha value is -7.08. The molecule has 5 nitrogen and oxygen atoms in total. The van der Waals surface area contributed by atoms with Gasteiger partial charge >= 0.3 is 0 Å². The Labute approximate surface area is 283 Å². The van der Waals surface area contributed by atoms with Crippen LogP contribution < -0.4 is 9.80 Å². The summed E-state index contributed by atoms with van der Waals surface area (Å²) in [7, 11) is 0. The van der Waals surface area contributed by atoms with Crippen molar-refractivity contribution >= 4 is 77.9 Å². The summed E-state index contributed by atoms with van der Waals surface area (Å²) in [5.41, 5.74) is 10.9. The first kappa shape index (κ1) is 28.2. The molecule has 7 aromatic carbocycles. The third-order valence-electron chi connectivity index (χ3n) is 9.32. The lowest BCUT2D eigenvalue weighted by atomic mass is 10.0. The molecule has 0 fully saturated rings. The number of rotatable bonds is 6. The smallest absolute Gasteiger partial charge is 0.187 e. The van der Waals surface area contributed by atoms with Gasteiger partial charge in [-0.15, -0.1) is 0 Å². The molecule has 9 rings (SSSR count). The van der Waals surface area contributed by atoms with Crippen LogP contribution in [0.1, 0.15) is 5.56 Å². The number of anilines is 6. The zero-order chi connectivity index (χ0) is 32.9. The van der Waals surface area contributed by atoms with Gasteiger partial charge < -0.3 is 14.2 Å². The maximum Gasteiger partial charge on any atom is 0.187 e.